The van der Waals surface area contributed by atoms with Gasteiger partial charge in [0, 0.05) is 12.6 Å². The second-order valence-electron chi connectivity index (χ2n) is 10.2. The molecule has 0 aromatic carbocycles. The zero-order valence-corrected chi connectivity index (χ0v) is 19.0. The minimum Gasteiger partial charge on any atom is -0.444 e. The van der Waals surface area contributed by atoms with Gasteiger partial charge in [0.2, 0.25) is 0 Å². The van der Waals surface area contributed by atoms with E-state index in [9.17, 15) is 9.59 Å². The standard InChI is InChI=1S/C22H42N2O4/c1-16-11-10-12-17(16)15-18(24-20(26)28-22(5,6)7)13-8-9-14-23-19(25)27-21(2,3)4/h16-18H,8-15H2,1-7H3,(H,23,25)(H,24,26)/t16-,17?,18+/m1/s1. The molecule has 164 valence electrons. The Balaban J connectivity index is 2.42. The van der Waals surface area contributed by atoms with E-state index in [0.29, 0.717) is 12.5 Å². The van der Waals surface area contributed by atoms with Crippen molar-refractivity contribution in [3.05, 3.63) is 0 Å². The zero-order valence-electron chi connectivity index (χ0n) is 19.0. The second-order valence-corrected chi connectivity index (χ2v) is 10.2. The van der Waals surface area contributed by atoms with Gasteiger partial charge in [0.25, 0.3) is 0 Å². The summed E-state index contributed by atoms with van der Waals surface area (Å²) in [6.45, 7) is 14.1. The maximum absolute atomic E-state index is 12.2. The topological polar surface area (TPSA) is 76.7 Å². The summed E-state index contributed by atoms with van der Waals surface area (Å²) >= 11 is 0. The molecule has 0 saturated heterocycles. The van der Waals surface area contributed by atoms with Gasteiger partial charge < -0.3 is 20.1 Å². The number of alkyl carbamates (subject to hydrolysis) is 2. The van der Waals surface area contributed by atoms with E-state index in [1.54, 1.807) is 0 Å². The fraction of sp³-hybridized carbons (Fsp3) is 0.909. The Morgan fingerprint density at radius 3 is 2.11 bits per heavy atom. The number of amides is 2. The molecule has 2 amide bonds. The van der Waals surface area contributed by atoms with Crippen molar-refractivity contribution in [3.8, 4) is 0 Å². The van der Waals surface area contributed by atoms with Crippen molar-refractivity contribution in [1.29, 1.82) is 0 Å². The molecule has 0 aromatic rings. The molecule has 1 rings (SSSR count). The van der Waals surface area contributed by atoms with Crippen LogP contribution in [-0.2, 0) is 9.47 Å². The van der Waals surface area contributed by atoms with E-state index in [4.69, 9.17) is 9.47 Å². The number of hydrogen-bond acceptors (Lipinski definition) is 4. The van der Waals surface area contributed by atoms with Gasteiger partial charge in [-0.25, -0.2) is 9.59 Å². The Bertz CT molecular complexity index is 494. The van der Waals surface area contributed by atoms with Crippen LogP contribution in [0, 0.1) is 11.8 Å². The van der Waals surface area contributed by atoms with Crippen LogP contribution in [0.15, 0.2) is 0 Å². The highest BCUT2D eigenvalue weighted by Gasteiger charge is 2.28. The molecule has 0 radical (unpaired) electrons. The molecule has 1 saturated carbocycles. The van der Waals surface area contributed by atoms with E-state index in [0.717, 1.165) is 31.6 Å². The highest BCUT2D eigenvalue weighted by Crippen LogP contribution is 2.35. The van der Waals surface area contributed by atoms with Crippen LogP contribution in [0.2, 0.25) is 0 Å². The minimum atomic E-state index is -0.493. The monoisotopic (exact) mass is 398 g/mol. The lowest BCUT2D eigenvalue weighted by Crippen LogP contribution is -2.40. The first-order valence-corrected chi connectivity index (χ1v) is 10.8. The second kappa shape index (κ2) is 10.9. The molecule has 28 heavy (non-hydrogen) atoms. The van der Waals surface area contributed by atoms with Crippen molar-refractivity contribution >= 4 is 12.2 Å². The SMILES string of the molecule is C[C@@H]1CCCC1C[C@H](CCCCNC(=O)OC(C)(C)C)NC(=O)OC(C)(C)C. The maximum Gasteiger partial charge on any atom is 0.407 e. The smallest absolute Gasteiger partial charge is 0.407 e. The molecule has 0 spiro atoms. The molecule has 0 bridgehead atoms. The van der Waals surface area contributed by atoms with Crippen molar-refractivity contribution < 1.29 is 19.1 Å². The summed E-state index contributed by atoms with van der Waals surface area (Å²) in [6.07, 6.45) is 6.76. The van der Waals surface area contributed by atoms with E-state index < -0.39 is 11.2 Å². The molecule has 6 nitrogen and oxygen atoms in total. The van der Waals surface area contributed by atoms with Crippen molar-refractivity contribution in [3.63, 3.8) is 0 Å². The number of carbonyl (C=O) groups excluding carboxylic acids is 2. The number of ether oxygens (including phenoxy) is 2. The molecule has 0 aromatic heterocycles. The van der Waals surface area contributed by atoms with Crippen LogP contribution in [0.1, 0.15) is 93.4 Å². The molecule has 6 heteroatoms. The Hall–Kier alpha value is -1.46. The van der Waals surface area contributed by atoms with Gasteiger partial charge >= 0.3 is 12.2 Å². The van der Waals surface area contributed by atoms with Crippen LogP contribution < -0.4 is 10.6 Å². The summed E-state index contributed by atoms with van der Waals surface area (Å²) in [7, 11) is 0. The normalized spacial score (nSPS) is 21.1. The van der Waals surface area contributed by atoms with Gasteiger partial charge in [0.1, 0.15) is 11.2 Å². The predicted molar refractivity (Wildman–Crippen MR) is 112 cm³/mol. The maximum atomic E-state index is 12.2. The average Bonchev–Trinajstić information content (AvgIpc) is 2.88. The third-order valence-corrected chi connectivity index (χ3v) is 4.99. The van der Waals surface area contributed by atoms with Crippen LogP contribution in [0.25, 0.3) is 0 Å². The van der Waals surface area contributed by atoms with Gasteiger partial charge in [0.15, 0.2) is 0 Å². The van der Waals surface area contributed by atoms with Gasteiger partial charge in [-0.05, 0) is 79.1 Å². The molecular formula is C22H42N2O4. The molecule has 2 N–H and O–H groups in total. The first kappa shape index (κ1) is 24.6. The zero-order chi connectivity index (χ0) is 21.4. The molecule has 0 heterocycles. The van der Waals surface area contributed by atoms with E-state index in [-0.39, 0.29) is 18.2 Å². The van der Waals surface area contributed by atoms with Crippen molar-refractivity contribution in [1.82, 2.24) is 10.6 Å². The molecule has 1 unspecified atom stereocenters. The third kappa shape index (κ3) is 11.4. The van der Waals surface area contributed by atoms with Gasteiger partial charge in [-0.1, -0.05) is 26.2 Å². The number of nitrogens with one attached hydrogen (secondary N) is 2. The Morgan fingerprint density at radius 2 is 1.57 bits per heavy atom. The predicted octanol–water partition coefficient (Wildman–Crippen LogP) is 5.40. The minimum absolute atomic E-state index is 0.113. The van der Waals surface area contributed by atoms with Crippen LogP contribution in [-0.4, -0.2) is 36.0 Å². The number of rotatable bonds is 8. The number of carbonyl (C=O) groups is 2. The van der Waals surface area contributed by atoms with Gasteiger partial charge in [-0.15, -0.1) is 0 Å². The number of unbranched alkanes of at least 4 members (excludes halogenated alkanes) is 1. The Morgan fingerprint density at radius 1 is 0.964 bits per heavy atom. The lowest BCUT2D eigenvalue weighted by molar-refractivity contribution is 0.0490. The highest BCUT2D eigenvalue weighted by atomic mass is 16.6. The van der Waals surface area contributed by atoms with E-state index in [1.165, 1.54) is 19.3 Å². The molecular weight excluding hydrogens is 356 g/mol. The van der Waals surface area contributed by atoms with Crippen LogP contribution in [0.3, 0.4) is 0 Å². The fourth-order valence-electron chi connectivity index (χ4n) is 3.68. The summed E-state index contributed by atoms with van der Waals surface area (Å²) in [4.78, 5) is 23.9. The first-order chi connectivity index (χ1) is 12.9. The van der Waals surface area contributed by atoms with Crippen LogP contribution in [0.5, 0.6) is 0 Å². The van der Waals surface area contributed by atoms with Crippen molar-refractivity contribution in [2.45, 2.75) is 111 Å². The lowest BCUT2D eigenvalue weighted by atomic mass is 9.89. The van der Waals surface area contributed by atoms with Gasteiger partial charge in [-0.2, -0.15) is 0 Å². The fourth-order valence-corrected chi connectivity index (χ4v) is 3.68. The molecule has 1 aliphatic carbocycles. The summed E-state index contributed by atoms with van der Waals surface area (Å²) in [5, 5.41) is 5.87. The molecule has 3 atom stereocenters. The first-order valence-electron chi connectivity index (χ1n) is 10.8. The lowest BCUT2D eigenvalue weighted by Gasteiger charge is -2.26. The summed E-state index contributed by atoms with van der Waals surface area (Å²) in [5.74, 6) is 1.39. The third-order valence-electron chi connectivity index (χ3n) is 4.99. The van der Waals surface area contributed by atoms with E-state index in [1.807, 2.05) is 41.5 Å². The molecule has 1 aliphatic rings. The van der Waals surface area contributed by atoms with Crippen LogP contribution in [0.4, 0.5) is 9.59 Å². The van der Waals surface area contributed by atoms with Crippen LogP contribution >= 0.6 is 0 Å². The van der Waals surface area contributed by atoms with Crippen molar-refractivity contribution in [2.24, 2.45) is 11.8 Å². The summed E-state index contributed by atoms with van der Waals surface area (Å²) in [6, 6.07) is 0.113. The van der Waals surface area contributed by atoms with E-state index >= 15 is 0 Å². The number of hydrogen-bond donors (Lipinski definition) is 2. The highest BCUT2D eigenvalue weighted by molar-refractivity contribution is 5.68. The molecule has 1 fully saturated rings. The Kier molecular flexibility index (Phi) is 9.58. The summed E-state index contributed by atoms with van der Waals surface area (Å²) in [5.41, 5.74) is -0.975. The average molecular weight is 399 g/mol. The quantitative estimate of drug-likeness (QED) is 0.537. The summed E-state index contributed by atoms with van der Waals surface area (Å²) < 4.78 is 10.7. The van der Waals surface area contributed by atoms with Gasteiger partial charge in [-0.3, -0.25) is 0 Å². The Labute approximate surface area is 171 Å². The largest absolute Gasteiger partial charge is 0.444 e. The van der Waals surface area contributed by atoms with E-state index in [2.05, 4.69) is 17.6 Å². The molecule has 0 aliphatic heterocycles. The van der Waals surface area contributed by atoms with Crippen molar-refractivity contribution in [2.75, 3.05) is 6.54 Å². The van der Waals surface area contributed by atoms with Gasteiger partial charge in [0.05, 0.1) is 0 Å².